The van der Waals surface area contributed by atoms with Crippen LogP contribution in [0.3, 0.4) is 0 Å². The fourth-order valence-corrected chi connectivity index (χ4v) is 1.88. The molecule has 0 heterocycles. The van der Waals surface area contributed by atoms with Gasteiger partial charge in [0.1, 0.15) is 12.3 Å². The number of esters is 1. The molecule has 8 heteroatoms. The van der Waals surface area contributed by atoms with E-state index in [1.54, 1.807) is 19.1 Å². The van der Waals surface area contributed by atoms with Gasteiger partial charge < -0.3 is 30.9 Å². The molecule has 1 aromatic carbocycles. The van der Waals surface area contributed by atoms with Crippen LogP contribution < -0.4 is 16.0 Å². The molecule has 0 saturated heterocycles. The lowest BCUT2D eigenvalue weighted by atomic mass is 10.1. The Balaban J connectivity index is 2.09. The van der Waals surface area contributed by atoms with Crippen LogP contribution in [0.25, 0.3) is 0 Å². The van der Waals surface area contributed by atoms with Gasteiger partial charge in [-0.3, -0.25) is 4.79 Å². The number of rotatable bonds is 10. The van der Waals surface area contributed by atoms with Crippen molar-refractivity contribution in [2.24, 2.45) is 0 Å². The summed E-state index contributed by atoms with van der Waals surface area (Å²) >= 11 is 0. The van der Waals surface area contributed by atoms with Gasteiger partial charge in [0.15, 0.2) is 0 Å². The molecule has 140 valence electrons. The number of aliphatic hydroxyl groups excluding tert-OH is 1. The highest BCUT2D eigenvalue weighted by Gasteiger charge is 2.09. The maximum Gasteiger partial charge on any atom is 0.325 e. The van der Waals surface area contributed by atoms with Crippen molar-refractivity contribution in [3.05, 3.63) is 29.8 Å². The Bertz CT molecular complexity index is 536. The number of phenolic OH excluding ortho intramolecular Hbond substituents is 1. The summed E-state index contributed by atoms with van der Waals surface area (Å²) < 4.78 is 5.03. The van der Waals surface area contributed by atoms with Crippen LogP contribution in [0.2, 0.25) is 0 Å². The Morgan fingerprint density at radius 3 is 2.48 bits per heavy atom. The van der Waals surface area contributed by atoms with Crippen LogP contribution in [0.1, 0.15) is 31.9 Å². The first-order chi connectivity index (χ1) is 11.9. The van der Waals surface area contributed by atoms with Gasteiger partial charge in [-0.2, -0.15) is 0 Å². The van der Waals surface area contributed by atoms with E-state index in [0.717, 1.165) is 6.42 Å². The number of urea groups is 1. The number of nitrogens with one attached hydrogen (secondary N) is 3. The van der Waals surface area contributed by atoms with Crippen molar-refractivity contribution in [1.29, 1.82) is 0 Å². The van der Waals surface area contributed by atoms with Crippen LogP contribution in [0.4, 0.5) is 4.79 Å². The smallest absolute Gasteiger partial charge is 0.325 e. The molecule has 25 heavy (non-hydrogen) atoms. The Labute approximate surface area is 147 Å². The molecule has 0 aliphatic rings. The summed E-state index contributed by atoms with van der Waals surface area (Å²) in [5.41, 5.74) is 0.691. The van der Waals surface area contributed by atoms with Crippen molar-refractivity contribution < 1.29 is 24.5 Å². The largest absolute Gasteiger partial charge is 0.508 e. The first-order valence-corrected chi connectivity index (χ1v) is 8.31. The quantitative estimate of drug-likeness (QED) is 0.311. The lowest BCUT2D eigenvalue weighted by Gasteiger charge is -2.13. The average Bonchev–Trinajstić information content (AvgIpc) is 2.60. The van der Waals surface area contributed by atoms with Crippen LogP contribution in [-0.4, -0.2) is 54.5 Å². The molecule has 2 amide bonds. The number of hydrogen-bond acceptors (Lipinski definition) is 6. The van der Waals surface area contributed by atoms with E-state index in [0.29, 0.717) is 25.2 Å². The third-order valence-electron chi connectivity index (χ3n) is 3.50. The molecule has 8 nitrogen and oxygen atoms in total. The zero-order chi connectivity index (χ0) is 18.7. The Hall–Kier alpha value is -2.32. The Morgan fingerprint density at radius 2 is 1.84 bits per heavy atom. The fourth-order valence-electron chi connectivity index (χ4n) is 1.88. The normalized spacial score (nSPS) is 12.9. The van der Waals surface area contributed by atoms with Crippen molar-refractivity contribution in [3.8, 4) is 5.75 Å². The molecule has 0 aliphatic carbocycles. The molecule has 0 fully saturated rings. The number of phenols is 1. The minimum absolute atomic E-state index is 0.146. The number of carbonyl (C=O) groups is 2. The van der Waals surface area contributed by atoms with E-state index in [1.165, 1.54) is 12.1 Å². The summed E-state index contributed by atoms with van der Waals surface area (Å²) in [5.74, 6) is -0.327. The zero-order valence-electron chi connectivity index (χ0n) is 14.6. The monoisotopic (exact) mass is 353 g/mol. The summed E-state index contributed by atoms with van der Waals surface area (Å²) in [6.45, 7) is 4.63. The molecular weight excluding hydrogens is 326 g/mol. The molecule has 2 unspecified atom stereocenters. The van der Waals surface area contributed by atoms with Crippen LogP contribution >= 0.6 is 0 Å². The van der Waals surface area contributed by atoms with Crippen molar-refractivity contribution in [3.63, 3.8) is 0 Å². The molecule has 0 spiro atoms. The van der Waals surface area contributed by atoms with Gasteiger partial charge in [0.2, 0.25) is 0 Å². The summed E-state index contributed by atoms with van der Waals surface area (Å²) in [5, 5.41) is 27.2. The van der Waals surface area contributed by atoms with E-state index in [4.69, 9.17) is 4.74 Å². The molecule has 0 radical (unpaired) electrons. The number of amides is 2. The predicted molar refractivity (Wildman–Crippen MR) is 93.2 cm³/mol. The highest BCUT2D eigenvalue weighted by atomic mass is 16.5. The van der Waals surface area contributed by atoms with Gasteiger partial charge in [0.25, 0.3) is 0 Å². The molecule has 0 aromatic heterocycles. The Morgan fingerprint density at radius 1 is 1.16 bits per heavy atom. The molecular formula is C17H27N3O5. The van der Waals surface area contributed by atoms with E-state index in [9.17, 15) is 19.8 Å². The number of hydrogen-bond donors (Lipinski definition) is 5. The third-order valence-corrected chi connectivity index (χ3v) is 3.50. The first kappa shape index (κ1) is 20.7. The van der Waals surface area contributed by atoms with Gasteiger partial charge in [-0.25, -0.2) is 4.79 Å². The molecule has 0 bridgehead atoms. The second-order valence-electron chi connectivity index (χ2n) is 5.63. The van der Waals surface area contributed by atoms with Crippen molar-refractivity contribution in [2.45, 2.75) is 32.5 Å². The average molecular weight is 353 g/mol. The lowest BCUT2D eigenvalue weighted by molar-refractivity contribution is -0.146. The summed E-state index contributed by atoms with van der Waals surface area (Å²) in [7, 11) is 0. The van der Waals surface area contributed by atoms with E-state index in [-0.39, 0.29) is 18.4 Å². The van der Waals surface area contributed by atoms with Crippen LogP contribution in [0.15, 0.2) is 24.3 Å². The molecule has 1 rings (SSSR count). The molecule has 1 aromatic rings. The van der Waals surface area contributed by atoms with Crippen molar-refractivity contribution in [2.75, 3.05) is 26.2 Å². The third kappa shape index (κ3) is 8.92. The number of ether oxygens (including phenoxy) is 1. The van der Waals surface area contributed by atoms with E-state index in [1.807, 2.05) is 6.92 Å². The topological polar surface area (TPSA) is 120 Å². The molecule has 2 atom stereocenters. The van der Waals surface area contributed by atoms with Crippen LogP contribution in [0.5, 0.6) is 5.75 Å². The lowest BCUT2D eigenvalue weighted by Crippen LogP contribution is -2.42. The van der Waals surface area contributed by atoms with E-state index < -0.39 is 18.1 Å². The molecule has 0 saturated carbocycles. The molecule has 0 aliphatic heterocycles. The van der Waals surface area contributed by atoms with Gasteiger partial charge in [0, 0.05) is 19.6 Å². The second kappa shape index (κ2) is 11.3. The highest BCUT2D eigenvalue weighted by molar-refractivity contribution is 5.80. The fraction of sp³-hybridized carbons (Fsp3) is 0.529. The summed E-state index contributed by atoms with van der Waals surface area (Å²) in [4.78, 5) is 22.9. The van der Waals surface area contributed by atoms with Gasteiger partial charge >= 0.3 is 12.0 Å². The molecule has 5 N–H and O–H groups in total. The van der Waals surface area contributed by atoms with E-state index in [2.05, 4.69) is 16.0 Å². The minimum atomic E-state index is -0.704. The number of benzene rings is 1. The number of aromatic hydroxyl groups is 1. The Kier molecular flexibility index (Phi) is 9.34. The summed E-state index contributed by atoms with van der Waals surface area (Å²) in [6, 6.07) is 5.85. The second-order valence-corrected chi connectivity index (χ2v) is 5.63. The van der Waals surface area contributed by atoms with Crippen LogP contribution in [0, 0.1) is 0 Å². The standard InChI is InChI=1S/C17H27N3O5/c1-3-12(2)25-16(23)11-20-17(24)19-9-8-18-10-15(22)13-4-6-14(21)7-5-13/h4-7,12,15,18,21-22H,3,8-11H2,1-2H3,(H2,19,20,24). The number of carbonyl (C=O) groups excluding carboxylic acids is 2. The maximum atomic E-state index is 11.5. The SMILES string of the molecule is CCC(C)OC(=O)CNC(=O)NCCNCC(O)c1ccc(O)cc1. The number of aliphatic hydroxyl groups is 1. The van der Waals surface area contributed by atoms with Crippen molar-refractivity contribution in [1.82, 2.24) is 16.0 Å². The highest BCUT2D eigenvalue weighted by Crippen LogP contribution is 2.15. The van der Waals surface area contributed by atoms with Gasteiger partial charge in [0.05, 0.1) is 12.2 Å². The zero-order valence-corrected chi connectivity index (χ0v) is 14.6. The minimum Gasteiger partial charge on any atom is -0.508 e. The van der Waals surface area contributed by atoms with Gasteiger partial charge in [-0.1, -0.05) is 19.1 Å². The van der Waals surface area contributed by atoms with Gasteiger partial charge in [-0.15, -0.1) is 0 Å². The van der Waals surface area contributed by atoms with Crippen LogP contribution in [-0.2, 0) is 9.53 Å². The maximum absolute atomic E-state index is 11.5. The summed E-state index contributed by atoms with van der Waals surface area (Å²) in [6.07, 6.45) is -0.147. The van der Waals surface area contributed by atoms with Crippen molar-refractivity contribution >= 4 is 12.0 Å². The predicted octanol–water partition coefficient (Wildman–Crippen LogP) is 0.656. The van der Waals surface area contributed by atoms with Gasteiger partial charge in [-0.05, 0) is 31.0 Å². The van der Waals surface area contributed by atoms with E-state index >= 15 is 0 Å². The first-order valence-electron chi connectivity index (χ1n) is 8.31.